The average Bonchev–Trinajstić information content (AvgIpc) is 2.65. The molecule has 0 radical (unpaired) electrons. The van der Waals surface area contributed by atoms with Gasteiger partial charge in [0.25, 0.3) is 0 Å². The highest BCUT2D eigenvalue weighted by molar-refractivity contribution is 5.83. The first-order chi connectivity index (χ1) is 7.50. The third-order valence-electron chi connectivity index (χ3n) is 2.81. The summed E-state index contributed by atoms with van der Waals surface area (Å²) in [6.07, 6.45) is 6.50. The number of hydrogen-bond donors (Lipinski definition) is 2. The van der Waals surface area contributed by atoms with Crippen molar-refractivity contribution in [1.82, 2.24) is 5.32 Å². The molecule has 1 rings (SSSR count). The highest BCUT2D eigenvalue weighted by Gasteiger charge is 2.24. The molecule has 0 saturated carbocycles. The van der Waals surface area contributed by atoms with E-state index in [1.807, 2.05) is 6.08 Å². The molecule has 4 heteroatoms. The number of carbonyl (C=O) groups is 2. The van der Waals surface area contributed by atoms with E-state index in [0.29, 0.717) is 6.42 Å². The standard InChI is InChI=1S/C12H19NO3/c1-8(2)11(12(15)16)13-10(14)7-9-5-3-4-6-9/h3,5,8-9,11H,4,6-7H2,1-2H3,(H,13,14)(H,15,16)/t9?,11-/m1/s1. The van der Waals surface area contributed by atoms with Gasteiger partial charge in [-0.15, -0.1) is 0 Å². The Morgan fingerprint density at radius 1 is 1.50 bits per heavy atom. The zero-order chi connectivity index (χ0) is 12.1. The van der Waals surface area contributed by atoms with Gasteiger partial charge in [-0.05, 0) is 24.7 Å². The molecule has 4 nitrogen and oxygen atoms in total. The second-order valence-electron chi connectivity index (χ2n) is 4.60. The molecule has 0 aliphatic heterocycles. The van der Waals surface area contributed by atoms with Crippen LogP contribution in [0.1, 0.15) is 33.1 Å². The molecule has 0 spiro atoms. The maximum absolute atomic E-state index is 11.6. The minimum atomic E-state index is -0.967. The lowest BCUT2D eigenvalue weighted by Crippen LogP contribution is -2.44. The quantitative estimate of drug-likeness (QED) is 0.698. The lowest BCUT2D eigenvalue weighted by atomic mass is 10.0. The summed E-state index contributed by atoms with van der Waals surface area (Å²) in [5.41, 5.74) is 0. The summed E-state index contributed by atoms with van der Waals surface area (Å²) < 4.78 is 0. The van der Waals surface area contributed by atoms with Crippen molar-refractivity contribution in [2.24, 2.45) is 11.8 Å². The predicted octanol–water partition coefficient (Wildman–Crippen LogP) is 1.57. The maximum atomic E-state index is 11.6. The Morgan fingerprint density at radius 3 is 2.62 bits per heavy atom. The normalized spacial score (nSPS) is 21.1. The first-order valence-corrected chi connectivity index (χ1v) is 5.69. The Balaban J connectivity index is 2.42. The molecule has 0 saturated heterocycles. The fraction of sp³-hybridized carbons (Fsp3) is 0.667. The fourth-order valence-corrected chi connectivity index (χ4v) is 1.85. The molecular formula is C12H19NO3. The van der Waals surface area contributed by atoms with Crippen LogP contribution in [0.5, 0.6) is 0 Å². The van der Waals surface area contributed by atoms with Crippen molar-refractivity contribution >= 4 is 11.9 Å². The SMILES string of the molecule is CC(C)[C@@H](NC(=O)CC1C=CCC1)C(=O)O. The minimum absolute atomic E-state index is 0.0967. The summed E-state index contributed by atoms with van der Waals surface area (Å²) >= 11 is 0. The van der Waals surface area contributed by atoms with Gasteiger partial charge in [-0.3, -0.25) is 4.79 Å². The molecule has 1 unspecified atom stereocenters. The second kappa shape index (κ2) is 5.68. The molecule has 16 heavy (non-hydrogen) atoms. The summed E-state index contributed by atoms with van der Waals surface area (Å²) in [5, 5.41) is 11.5. The lowest BCUT2D eigenvalue weighted by molar-refractivity contribution is -0.143. The predicted molar refractivity (Wildman–Crippen MR) is 60.9 cm³/mol. The van der Waals surface area contributed by atoms with Gasteiger partial charge in [-0.2, -0.15) is 0 Å². The molecule has 0 bridgehead atoms. The van der Waals surface area contributed by atoms with Crippen molar-refractivity contribution in [3.8, 4) is 0 Å². The Bertz CT molecular complexity index is 297. The first-order valence-electron chi connectivity index (χ1n) is 5.69. The average molecular weight is 225 g/mol. The monoisotopic (exact) mass is 225 g/mol. The van der Waals surface area contributed by atoms with Gasteiger partial charge in [-0.25, -0.2) is 4.79 Å². The van der Waals surface area contributed by atoms with Crippen molar-refractivity contribution in [2.75, 3.05) is 0 Å². The van der Waals surface area contributed by atoms with Crippen LogP contribution in [-0.4, -0.2) is 23.0 Å². The summed E-state index contributed by atoms with van der Waals surface area (Å²) in [7, 11) is 0. The summed E-state index contributed by atoms with van der Waals surface area (Å²) in [5.74, 6) is -0.954. The highest BCUT2D eigenvalue weighted by atomic mass is 16.4. The van der Waals surface area contributed by atoms with Crippen LogP contribution in [0.15, 0.2) is 12.2 Å². The molecule has 1 aliphatic rings. The van der Waals surface area contributed by atoms with Crippen LogP contribution in [0.3, 0.4) is 0 Å². The van der Waals surface area contributed by atoms with E-state index >= 15 is 0 Å². The summed E-state index contributed by atoms with van der Waals surface area (Å²) in [6.45, 7) is 3.57. The van der Waals surface area contributed by atoms with Crippen molar-refractivity contribution in [3.63, 3.8) is 0 Å². The van der Waals surface area contributed by atoms with Gasteiger partial charge in [0.2, 0.25) is 5.91 Å². The smallest absolute Gasteiger partial charge is 0.326 e. The Kier molecular flexibility index (Phi) is 4.52. The number of hydrogen-bond acceptors (Lipinski definition) is 2. The van der Waals surface area contributed by atoms with E-state index < -0.39 is 12.0 Å². The van der Waals surface area contributed by atoms with E-state index in [1.165, 1.54) is 0 Å². The van der Waals surface area contributed by atoms with Gasteiger partial charge < -0.3 is 10.4 Å². The minimum Gasteiger partial charge on any atom is -0.480 e. The summed E-state index contributed by atoms with van der Waals surface area (Å²) in [6, 6.07) is -0.780. The van der Waals surface area contributed by atoms with Crippen LogP contribution >= 0.6 is 0 Å². The van der Waals surface area contributed by atoms with Gasteiger partial charge in [0, 0.05) is 6.42 Å². The number of aliphatic carboxylic acids is 1. The van der Waals surface area contributed by atoms with Gasteiger partial charge >= 0.3 is 5.97 Å². The van der Waals surface area contributed by atoms with Gasteiger partial charge in [0.15, 0.2) is 0 Å². The zero-order valence-electron chi connectivity index (χ0n) is 9.77. The highest BCUT2D eigenvalue weighted by Crippen LogP contribution is 2.20. The summed E-state index contributed by atoms with van der Waals surface area (Å²) in [4.78, 5) is 22.5. The van der Waals surface area contributed by atoms with E-state index in [2.05, 4.69) is 11.4 Å². The van der Waals surface area contributed by atoms with Crippen LogP contribution in [0.2, 0.25) is 0 Å². The number of carboxylic acid groups (broad SMARTS) is 1. The maximum Gasteiger partial charge on any atom is 0.326 e. The van der Waals surface area contributed by atoms with E-state index in [9.17, 15) is 9.59 Å². The Hall–Kier alpha value is -1.32. The third kappa shape index (κ3) is 3.68. The van der Waals surface area contributed by atoms with Gasteiger partial charge in [-0.1, -0.05) is 26.0 Å². The molecule has 0 heterocycles. The number of allylic oxidation sites excluding steroid dienone is 2. The van der Waals surface area contributed by atoms with E-state index in [1.54, 1.807) is 13.8 Å². The number of carbonyl (C=O) groups excluding carboxylic acids is 1. The van der Waals surface area contributed by atoms with E-state index in [0.717, 1.165) is 12.8 Å². The molecule has 1 aliphatic carbocycles. The topological polar surface area (TPSA) is 66.4 Å². The van der Waals surface area contributed by atoms with Crippen LogP contribution < -0.4 is 5.32 Å². The lowest BCUT2D eigenvalue weighted by Gasteiger charge is -2.18. The molecule has 2 atom stereocenters. The van der Waals surface area contributed by atoms with E-state index in [4.69, 9.17) is 5.11 Å². The van der Waals surface area contributed by atoms with Crippen molar-refractivity contribution < 1.29 is 14.7 Å². The third-order valence-corrected chi connectivity index (χ3v) is 2.81. The second-order valence-corrected chi connectivity index (χ2v) is 4.60. The number of nitrogens with one attached hydrogen (secondary N) is 1. The molecule has 1 amide bonds. The molecule has 0 aromatic rings. The first kappa shape index (κ1) is 12.7. The van der Waals surface area contributed by atoms with Crippen molar-refractivity contribution in [3.05, 3.63) is 12.2 Å². The Morgan fingerprint density at radius 2 is 2.19 bits per heavy atom. The molecular weight excluding hydrogens is 206 g/mol. The molecule has 2 N–H and O–H groups in total. The molecule has 0 fully saturated rings. The molecule has 90 valence electrons. The van der Waals surface area contributed by atoms with Crippen LogP contribution in [0.4, 0.5) is 0 Å². The zero-order valence-corrected chi connectivity index (χ0v) is 9.77. The van der Waals surface area contributed by atoms with Crippen molar-refractivity contribution in [1.29, 1.82) is 0 Å². The Labute approximate surface area is 95.7 Å². The van der Waals surface area contributed by atoms with Crippen molar-refractivity contribution in [2.45, 2.75) is 39.2 Å². The van der Waals surface area contributed by atoms with Crippen LogP contribution in [0, 0.1) is 11.8 Å². The van der Waals surface area contributed by atoms with Gasteiger partial charge in [0.1, 0.15) is 6.04 Å². The van der Waals surface area contributed by atoms with Gasteiger partial charge in [0.05, 0.1) is 0 Å². The largest absolute Gasteiger partial charge is 0.480 e. The molecule has 0 aromatic heterocycles. The number of carboxylic acids is 1. The molecule has 0 aromatic carbocycles. The van der Waals surface area contributed by atoms with Crippen LogP contribution in [-0.2, 0) is 9.59 Å². The number of rotatable bonds is 5. The van der Waals surface area contributed by atoms with E-state index in [-0.39, 0.29) is 17.7 Å². The number of amides is 1. The fourth-order valence-electron chi connectivity index (χ4n) is 1.85. The van der Waals surface area contributed by atoms with Crippen LogP contribution in [0.25, 0.3) is 0 Å².